The summed E-state index contributed by atoms with van der Waals surface area (Å²) in [5.74, 6) is 0. The van der Waals surface area contributed by atoms with Gasteiger partial charge in [-0.3, -0.25) is 0 Å². The van der Waals surface area contributed by atoms with E-state index < -0.39 is 12.2 Å². The van der Waals surface area contributed by atoms with E-state index in [-0.39, 0.29) is 11.0 Å². The van der Waals surface area contributed by atoms with Crippen molar-refractivity contribution in [2.24, 2.45) is 0 Å². The Bertz CT molecular complexity index is 351. The van der Waals surface area contributed by atoms with Crippen LogP contribution in [0.2, 0.25) is 0 Å². The molecular weight excluding hydrogens is 248 g/mol. The van der Waals surface area contributed by atoms with E-state index in [9.17, 15) is 10.2 Å². The second-order valence-corrected chi connectivity index (χ2v) is 3.37. The highest BCUT2D eigenvalue weighted by molar-refractivity contribution is 9.09. The molecule has 1 aromatic rings. The average Bonchev–Trinajstić information content (AvgIpc) is 2.26. The summed E-state index contributed by atoms with van der Waals surface area (Å²) in [6.45, 7) is 0. The fraction of sp³-hybridized carbons (Fsp3) is 0.333. The summed E-state index contributed by atoms with van der Waals surface area (Å²) in [4.78, 5) is 3.79. The number of nitrogens with zero attached hydrogens (tertiary/aromatic N) is 2. The van der Waals surface area contributed by atoms with Gasteiger partial charge in [-0.15, -0.1) is 0 Å². The molecule has 0 aliphatic carbocycles. The number of hydrogen-bond donors (Lipinski definition) is 2. The summed E-state index contributed by atoms with van der Waals surface area (Å²) < 4.78 is 0. The van der Waals surface area contributed by atoms with Gasteiger partial charge in [0.2, 0.25) is 0 Å². The topological polar surface area (TPSA) is 77.1 Å². The first-order chi connectivity index (χ1) is 6.70. The smallest absolute Gasteiger partial charge is 0.146 e. The van der Waals surface area contributed by atoms with Crippen molar-refractivity contribution in [2.75, 3.05) is 5.33 Å². The number of aromatic nitrogens is 1. The van der Waals surface area contributed by atoms with Crippen LogP contribution in [0, 0.1) is 11.3 Å². The second-order valence-electron chi connectivity index (χ2n) is 2.72. The van der Waals surface area contributed by atoms with Gasteiger partial charge in [0.05, 0.1) is 6.10 Å². The van der Waals surface area contributed by atoms with Gasteiger partial charge in [0.25, 0.3) is 0 Å². The molecular formula is C9H9BrN2O2. The number of pyridine rings is 1. The van der Waals surface area contributed by atoms with E-state index in [4.69, 9.17) is 5.26 Å². The number of aliphatic hydroxyl groups excluding tert-OH is 2. The van der Waals surface area contributed by atoms with E-state index in [1.54, 1.807) is 12.1 Å². The highest BCUT2D eigenvalue weighted by Crippen LogP contribution is 2.19. The summed E-state index contributed by atoms with van der Waals surface area (Å²) in [5, 5.41) is 27.9. The lowest BCUT2D eigenvalue weighted by molar-refractivity contribution is 0.0339. The summed E-state index contributed by atoms with van der Waals surface area (Å²) in [5.41, 5.74) is 0.488. The minimum Gasteiger partial charge on any atom is -0.389 e. The molecule has 14 heavy (non-hydrogen) atoms. The zero-order chi connectivity index (χ0) is 10.6. The monoisotopic (exact) mass is 256 g/mol. The van der Waals surface area contributed by atoms with Crippen LogP contribution in [-0.2, 0) is 0 Å². The average molecular weight is 257 g/mol. The van der Waals surface area contributed by atoms with Gasteiger partial charge < -0.3 is 10.2 Å². The lowest BCUT2D eigenvalue weighted by Gasteiger charge is -2.15. The zero-order valence-electron chi connectivity index (χ0n) is 7.26. The molecule has 0 spiro atoms. The first-order valence-corrected chi connectivity index (χ1v) is 5.10. The van der Waals surface area contributed by atoms with Gasteiger partial charge in [0.1, 0.15) is 17.9 Å². The van der Waals surface area contributed by atoms with Crippen molar-refractivity contribution in [3.8, 4) is 6.07 Å². The molecule has 74 valence electrons. The van der Waals surface area contributed by atoms with E-state index in [0.717, 1.165) is 0 Å². The molecule has 0 radical (unpaired) electrons. The largest absolute Gasteiger partial charge is 0.389 e. The summed E-state index contributed by atoms with van der Waals surface area (Å²) in [6, 6.07) is 5.04. The summed E-state index contributed by atoms with van der Waals surface area (Å²) in [6.07, 6.45) is -0.557. The maximum Gasteiger partial charge on any atom is 0.146 e. The molecule has 1 heterocycles. The minimum absolute atomic E-state index is 0.139. The first-order valence-electron chi connectivity index (χ1n) is 3.97. The lowest BCUT2D eigenvalue weighted by atomic mass is 10.0. The van der Waals surface area contributed by atoms with Crippen molar-refractivity contribution in [3.05, 3.63) is 29.6 Å². The van der Waals surface area contributed by atoms with E-state index in [0.29, 0.717) is 5.56 Å². The molecule has 0 aromatic carbocycles. The van der Waals surface area contributed by atoms with Gasteiger partial charge in [-0.2, -0.15) is 5.26 Å². The Labute approximate surface area is 90.0 Å². The fourth-order valence-corrected chi connectivity index (χ4v) is 1.40. The highest BCUT2D eigenvalue weighted by Gasteiger charge is 2.20. The van der Waals surface area contributed by atoms with Crippen LogP contribution in [0.25, 0.3) is 0 Å². The number of rotatable bonds is 3. The molecule has 0 aliphatic rings. The number of halogens is 1. The van der Waals surface area contributed by atoms with E-state index in [1.165, 1.54) is 6.20 Å². The molecule has 0 saturated carbocycles. The SMILES string of the molecule is N#Cc1ncccc1C(O)C(O)CBr. The maximum absolute atomic E-state index is 9.63. The Morgan fingerprint density at radius 2 is 2.29 bits per heavy atom. The van der Waals surface area contributed by atoms with Crippen molar-refractivity contribution in [3.63, 3.8) is 0 Å². The summed E-state index contributed by atoms with van der Waals surface area (Å²) >= 11 is 3.05. The lowest BCUT2D eigenvalue weighted by Crippen LogP contribution is -2.20. The van der Waals surface area contributed by atoms with Crippen LogP contribution in [0.5, 0.6) is 0 Å². The van der Waals surface area contributed by atoms with Crippen LogP contribution in [0.4, 0.5) is 0 Å². The van der Waals surface area contributed by atoms with E-state index >= 15 is 0 Å². The quantitative estimate of drug-likeness (QED) is 0.783. The first kappa shape index (κ1) is 11.1. The van der Waals surface area contributed by atoms with Crippen molar-refractivity contribution < 1.29 is 10.2 Å². The molecule has 0 amide bonds. The minimum atomic E-state index is -1.09. The van der Waals surface area contributed by atoms with Gasteiger partial charge in [0.15, 0.2) is 0 Å². The summed E-state index contributed by atoms with van der Waals surface area (Å²) in [7, 11) is 0. The molecule has 1 rings (SSSR count). The molecule has 1 aromatic heterocycles. The van der Waals surface area contributed by atoms with Crippen LogP contribution in [0.1, 0.15) is 17.4 Å². The number of hydrogen-bond acceptors (Lipinski definition) is 4. The molecule has 2 N–H and O–H groups in total. The van der Waals surface area contributed by atoms with Gasteiger partial charge in [-0.1, -0.05) is 22.0 Å². The van der Waals surface area contributed by atoms with Crippen LogP contribution < -0.4 is 0 Å². The third kappa shape index (κ3) is 2.29. The van der Waals surface area contributed by atoms with Crippen molar-refractivity contribution in [1.29, 1.82) is 5.26 Å². The number of nitriles is 1. The van der Waals surface area contributed by atoms with Crippen molar-refractivity contribution in [1.82, 2.24) is 4.98 Å². The Kier molecular flexibility index (Phi) is 4.01. The Morgan fingerprint density at radius 3 is 2.86 bits per heavy atom. The van der Waals surface area contributed by atoms with E-state index in [2.05, 4.69) is 20.9 Å². The Balaban J connectivity index is 3.01. The third-order valence-corrected chi connectivity index (χ3v) is 2.45. The van der Waals surface area contributed by atoms with Crippen LogP contribution >= 0.6 is 15.9 Å². The van der Waals surface area contributed by atoms with Crippen LogP contribution in [-0.4, -0.2) is 26.6 Å². The van der Waals surface area contributed by atoms with E-state index in [1.807, 2.05) is 6.07 Å². The standard InChI is InChI=1S/C9H9BrN2O2/c10-4-8(13)9(14)6-2-1-3-12-7(6)5-11/h1-3,8-9,13-14H,4H2. The molecule has 0 fully saturated rings. The van der Waals surface area contributed by atoms with Gasteiger partial charge >= 0.3 is 0 Å². The Hall–Kier alpha value is -0.960. The Morgan fingerprint density at radius 1 is 1.57 bits per heavy atom. The molecule has 0 saturated heterocycles. The maximum atomic E-state index is 9.63. The van der Waals surface area contributed by atoms with Crippen molar-refractivity contribution in [2.45, 2.75) is 12.2 Å². The van der Waals surface area contributed by atoms with Gasteiger partial charge in [-0.25, -0.2) is 4.98 Å². The van der Waals surface area contributed by atoms with Gasteiger partial charge in [0, 0.05) is 17.1 Å². The second kappa shape index (κ2) is 5.05. The highest BCUT2D eigenvalue weighted by atomic mass is 79.9. The third-order valence-electron chi connectivity index (χ3n) is 1.79. The predicted molar refractivity (Wildman–Crippen MR) is 53.7 cm³/mol. The molecule has 5 heteroatoms. The fourth-order valence-electron chi connectivity index (χ4n) is 1.04. The van der Waals surface area contributed by atoms with Gasteiger partial charge in [-0.05, 0) is 6.07 Å². The molecule has 0 aliphatic heterocycles. The molecule has 2 unspecified atom stereocenters. The van der Waals surface area contributed by atoms with Crippen molar-refractivity contribution >= 4 is 15.9 Å². The predicted octanol–water partition coefficient (Wildman–Crippen LogP) is 0.742. The molecule has 2 atom stereocenters. The van der Waals surface area contributed by atoms with Crippen LogP contribution in [0.15, 0.2) is 18.3 Å². The zero-order valence-corrected chi connectivity index (χ0v) is 8.85. The van der Waals surface area contributed by atoms with Crippen LogP contribution in [0.3, 0.4) is 0 Å². The number of alkyl halides is 1. The molecule has 4 nitrogen and oxygen atoms in total. The normalized spacial score (nSPS) is 14.4. The molecule has 0 bridgehead atoms. The number of aliphatic hydroxyl groups is 2.